The molecule has 0 bridgehead atoms. The van der Waals surface area contributed by atoms with Gasteiger partial charge in [-0.25, -0.2) is 4.98 Å². The lowest BCUT2D eigenvalue weighted by atomic mass is 10.1. The molecule has 0 aliphatic carbocycles. The van der Waals surface area contributed by atoms with Gasteiger partial charge in [-0.15, -0.1) is 0 Å². The van der Waals surface area contributed by atoms with Crippen LogP contribution in [0.3, 0.4) is 0 Å². The molecule has 0 amide bonds. The SMILES string of the molecule is C/C(=N/Nc1ccccn1)c1ccccc1C. The van der Waals surface area contributed by atoms with Crippen LogP contribution in [-0.2, 0) is 0 Å². The number of hydrazone groups is 1. The fourth-order valence-electron chi connectivity index (χ4n) is 1.61. The molecule has 0 aliphatic rings. The van der Waals surface area contributed by atoms with Gasteiger partial charge in [-0.3, -0.25) is 5.43 Å². The lowest BCUT2D eigenvalue weighted by Crippen LogP contribution is -2.02. The van der Waals surface area contributed by atoms with E-state index in [9.17, 15) is 0 Å². The first-order valence-electron chi connectivity index (χ1n) is 5.55. The molecule has 3 nitrogen and oxygen atoms in total. The molecule has 1 heterocycles. The number of hydrogen-bond donors (Lipinski definition) is 1. The zero-order chi connectivity index (χ0) is 12.1. The van der Waals surface area contributed by atoms with Gasteiger partial charge in [0.2, 0.25) is 0 Å². The average molecular weight is 225 g/mol. The second-order valence-electron chi connectivity index (χ2n) is 3.84. The maximum absolute atomic E-state index is 4.33. The Morgan fingerprint density at radius 2 is 1.88 bits per heavy atom. The molecular formula is C14H15N3. The summed E-state index contributed by atoms with van der Waals surface area (Å²) >= 11 is 0. The highest BCUT2D eigenvalue weighted by Crippen LogP contribution is 2.09. The van der Waals surface area contributed by atoms with Crippen molar-refractivity contribution in [2.24, 2.45) is 5.10 Å². The molecule has 0 atom stereocenters. The predicted molar refractivity (Wildman–Crippen MR) is 71.2 cm³/mol. The van der Waals surface area contributed by atoms with Crippen LogP contribution >= 0.6 is 0 Å². The lowest BCUT2D eigenvalue weighted by Gasteiger charge is -2.05. The van der Waals surface area contributed by atoms with Gasteiger partial charge in [0.05, 0.1) is 5.71 Å². The number of benzene rings is 1. The van der Waals surface area contributed by atoms with Crippen LogP contribution in [0.15, 0.2) is 53.8 Å². The van der Waals surface area contributed by atoms with Crippen molar-refractivity contribution in [1.82, 2.24) is 4.98 Å². The maximum Gasteiger partial charge on any atom is 0.146 e. The van der Waals surface area contributed by atoms with Crippen molar-refractivity contribution in [2.45, 2.75) is 13.8 Å². The number of pyridine rings is 1. The van der Waals surface area contributed by atoms with Crippen LogP contribution in [0.5, 0.6) is 0 Å². The van der Waals surface area contributed by atoms with E-state index in [4.69, 9.17) is 0 Å². The Balaban J connectivity index is 2.16. The third kappa shape index (κ3) is 2.91. The molecular weight excluding hydrogens is 210 g/mol. The van der Waals surface area contributed by atoms with E-state index in [1.165, 1.54) is 5.56 Å². The van der Waals surface area contributed by atoms with Gasteiger partial charge in [0, 0.05) is 11.8 Å². The van der Waals surface area contributed by atoms with Crippen LogP contribution in [0.4, 0.5) is 5.82 Å². The van der Waals surface area contributed by atoms with E-state index in [1.54, 1.807) is 6.20 Å². The Morgan fingerprint density at radius 3 is 2.59 bits per heavy atom. The third-order valence-electron chi connectivity index (χ3n) is 2.54. The quantitative estimate of drug-likeness (QED) is 0.643. The molecule has 2 rings (SSSR count). The highest BCUT2D eigenvalue weighted by atomic mass is 15.3. The molecule has 0 spiro atoms. The molecule has 0 saturated heterocycles. The average Bonchev–Trinajstić information content (AvgIpc) is 2.38. The van der Waals surface area contributed by atoms with Crippen LogP contribution in [0, 0.1) is 6.92 Å². The van der Waals surface area contributed by atoms with E-state index >= 15 is 0 Å². The van der Waals surface area contributed by atoms with Crippen LogP contribution < -0.4 is 5.43 Å². The standard InChI is InChI=1S/C14H15N3/c1-11-7-3-4-8-13(11)12(2)16-17-14-9-5-6-10-15-14/h3-10H,1-2H3,(H,15,17)/b16-12-. The summed E-state index contributed by atoms with van der Waals surface area (Å²) in [6.07, 6.45) is 1.74. The molecule has 0 radical (unpaired) electrons. The molecule has 17 heavy (non-hydrogen) atoms. The van der Waals surface area contributed by atoms with E-state index in [-0.39, 0.29) is 0 Å². The topological polar surface area (TPSA) is 37.3 Å². The predicted octanol–water partition coefficient (Wildman–Crippen LogP) is 3.23. The van der Waals surface area contributed by atoms with Gasteiger partial charge in [0.25, 0.3) is 0 Å². The number of rotatable bonds is 3. The van der Waals surface area contributed by atoms with E-state index in [0.29, 0.717) is 0 Å². The molecule has 1 aromatic heterocycles. The summed E-state index contributed by atoms with van der Waals surface area (Å²) in [5.74, 6) is 0.750. The molecule has 2 aromatic rings. The zero-order valence-corrected chi connectivity index (χ0v) is 10.0. The lowest BCUT2D eigenvalue weighted by molar-refractivity contribution is 1.22. The minimum atomic E-state index is 0.750. The summed E-state index contributed by atoms with van der Waals surface area (Å²) in [6.45, 7) is 4.06. The van der Waals surface area contributed by atoms with Gasteiger partial charge in [0.15, 0.2) is 0 Å². The number of aryl methyl sites for hydroxylation is 1. The largest absolute Gasteiger partial charge is 0.261 e. The fourth-order valence-corrected chi connectivity index (χ4v) is 1.61. The van der Waals surface area contributed by atoms with Gasteiger partial charge in [0.1, 0.15) is 5.82 Å². The van der Waals surface area contributed by atoms with Gasteiger partial charge in [-0.1, -0.05) is 30.3 Å². The molecule has 86 valence electrons. The summed E-state index contributed by atoms with van der Waals surface area (Å²) in [5, 5.41) is 4.33. The monoisotopic (exact) mass is 225 g/mol. The van der Waals surface area contributed by atoms with Crippen molar-refractivity contribution in [1.29, 1.82) is 0 Å². The Kier molecular flexibility index (Phi) is 3.50. The molecule has 1 N–H and O–H groups in total. The first-order chi connectivity index (χ1) is 8.27. The second-order valence-corrected chi connectivity index (χ2v) is 3.84. The van der Waals surface area contributed by atoms with E-state index in [0.717, 1.165) is 17.1 Å². The zero-order valence-electron chi connectivity index (χ0n) is 10.0. The number of nitrogens with one attached hydrogen (secondary N) is 1. The van der Waals surface area contributed by atoms with Crippen LogP contribution in [0.1, 0.15) is 18.1 Å². The van der Waals surface area contributed by atoms with Crippen molar-refractivity contribution in [3.8, 4) is 0 Å². The molecule has 0 fully saturated rings. The molecule has 0 aliphatic heterocycles. The normalized spacial score (nSPS) is 11.3. The van der Waals surface area contributed by atoms with Gasteiger partial charge >= 0.3 is 0 Å². The molecule has 0 saturated carbocycles. The number of aromatic nitrogens is 1. The summed E-state index contributed by atoms with van der Waals surface area (Å²) in [4.78, 5) is 4.15. The fraction of sp³-hybridized carbons (Fsp3) is 0.143. The summed E-state index contributed by atoms with van der Waals surface area (Å²) < 4.78 is 0. The van der Waals surface area contributed by atoms with E-state index in [1.807, 2.05) is 37.3 Å². The highest BCUT2D eigenvalue weighted by Gasteiger charge is 2.00. The number of hydrogen-bond acceptors (Lipinski definition) is 3. The van der Waals surface area contributed by atoms with Crippen LogP contribution in [-0.4, -0.2) is 10.7 Å². The molecule has 1 aromatic carbocycles. The van der Waals surface area contributed by atoms with Gasteiger partial charge < -0.3 is 0 Å². The molecule has 3 heteroatoms. The second kappa shape index (κ2) is 5.25. The Hall–Kier alpha value is -2.16. The van der Waals surface area contributed by atoms with Gasteiger partial charge in [-0.05, 0) is 31.5 Å². The summed E-state index contributed by atoms with van der Waals surface area (Å²) in [6, 6.07) is 13.9. The van der Waals surface area contributed by atoms with Crippen LogP contribution in [0.25, 0.3) is 0 Å². The number of anilines is 1. The third-order valence-corrected chi connectivity index (χ3v) is 2.54. The Bertz CT molecular complexity index is 518. The van der Waals surface area contributed by atoms with E-state index < -0.39 is 0 Å². The first-order valence-corrected chi connectivity index (χ1v) is 5.55. The first kappa shape index (κ1) is 11.3. The van der Waals surface area contributed by atoms with E-state index in [2.05, 4.69) is 34.6 Å². The smallest absolute Gasteiger partial charge is 0.146 e. The number of nitrogens with zero attached hydrogens (tertiary/aromatic N) is 2. The van der Waals surface area contributed by atoms with Crippen molar-refractivity contribution >= 4 is 11.5 Å². The minimum Gasteiger partial charge on any atom is -0.261 e. The molecule has 0 unspecified atom stereocenters. The highest BCUT2D eigenvalue weighted by molar-refractivity contribution is 6.00. The van der Waals surface area contributed by atoms with Crippen molar-refractivity contribution in [3.63, 3.8) is 0 Å². The summed E-state index contributed by atoms with van der Waals surface area (Å²) in [7, 11) is 0. The Labute approximate surface area is 101 Å². The van der Waals surface area contributed by atoms with Crippen LogP contribution in [0.2, 0.25) is 0 Å². The van der Waals surface area contributed by atoms with Crippen molar-refractivity contribution in [3.05, 3.63) is 59.8 Å². The summed E-state index contributed by atoms with van der Waals surface area (Å²) in [5.41, 5.74) is 6.27. The Morgan fingerprint density at radius 1 is 1.12 bits per heavy atom. The van der Waals surface area contributed by atoms with Crippen molar-refractivity contribution < 1.29 is 0 Å². The maximum atomic E-state index is 4.33. The van der Waals surface area contributed by atoms with Gasteiger partial charge in [-0.2, -0.15) is 5.10 Å². The minimum absolute atomic E-state index is 0.750. The van der Waals surface area contributed by atoms with Crippen molar-refractivity contribution in [2.75, 3.05) is 5.43 Å².